The standard InChI is InChI=1S/C19H16F3N3O3S/c20-14-5-6-15(18(22)17(14)21)24-19(26)12-7-9-25(10-8-12)29(27,28)16-4-2-1-3-13(16)11-23/h1-6,12H,7-10H2,(H,24,26). The Hall–Kier alpha value is -2.90. The Balaban J connectivity index is 1.68. The van der Waals surface area contributed by atoms with Crippen LogP contribution in [0, 0.1) is 34.7 Å². The maximum atomic E-state index is 13.7. The van der Waals surface area contributed by atoms with Gasteiger partial charge in [0.1, 0.15) is 6.07 Å². The molecule has 10 heteroatoms. The van der Waals surface area contributed by atoms with Gasteiger partial charge in [0.2, 0.25) is 15.9 Å². The fourth-order valence-corrected chi connectivity index (χ4v) is 4.75. The highest BCUT2D eigenvalue weighted by atomic mass is 32.2. The molecule has 0 spiro atoms. The maximum absolute atomic E-state index is 13.7. The zero-order valence-corrected chi connectivity index (χ0v) is 15.8. The molecular formula is C19H16F3N3O3S. The van der Waals surface area contributed by atoms with E-state index in [2.05, 4.69) is 5.32 Å². The van der Waals surface area contributed by atoms with Crippen LogP contribution < -0.4 is 5.32 Å². The predicted molar refractivity (Wildman–Crippen MR) is 97.6 cm³/mol. The second-order valence-electron chi connectivity index (χ2n) is 6.50. The van der Waals surface area contributed by atoms with Crippen molar-refractivity contribution >= 4 is 21.6 Å². The molecule has 2 aromatic rings. The number of anilines is 1. The van der Waals surface area contributed by atoms with Gasteiger partial charge in [-0.2, -0.15) is 9.57 Å². The largest absolute Gasteiger partial charge is 0.323 e. The lowest BCUT2D eigenvalue weighted by molar-refractivity contribution is -0.120. The van der Waals surface area contributed by atoms with Crippen LogP contribution in [0.3, 0.4) is 0 Å². The first-order valence-corrected chi connectivity index (χ1v) is 10.1. The minimum atomic E-state index is -3.90. The highest BCUT2D eigenvalue weighted by Gasteiger charge is 2.33. The normalized spacial score (nSPS) is 15.7. The van der Waals surface area contributed by atoms with E-state index in [1.807, 2.05) is 6.07 Å². The van der Waals surface area contributed by atoms with Crippen molar-refractivity contribution in [1.82, 2.24) is 4.31 Å². The van der Waals surface area contributed by atoms with E-state index in [4.69, 9.17) is 5.26 Å². The molecule has 1 saturated heterocycles. The van der Waals surface area contributed by atoms with Crippen LogP contribution >= 0.6 is 0 Å². The molecule has 1 N–H and O–H groups in total. The van der Waals surface area contributed by atoms with E-state index >= 15 is 0 Å². The molecule has 1 aliphatic heterocycles. The highest BCUT2D eigenvalue weighted by molar-refractivity contribution is 7.89. The number of nitrogens with zero attached hydrogens (tertiary/aromatic N) is 2. The average molecular weight is 423 g/mol. The Morgan fingerprint density at radius 3 is 2.38 bits per heavy atom. The monoisotopic (exact) mass is 423 g/mol. The van der Waals surface area contributed by atoms with Crippen molar-refractivity contribution in [2.75, 3.05) is 18.4 Å². The molecule has 0 unspecified atom stereocenters. The van der Waals surface area contributed by atoms with E-state index in [1.165, 1.54) is 22.5 Å². The maximum Gasteiger partial charge on any atom is 0.244 e. The van der Waals surface area contributed by atoms with Gasteiger partial charge in [0.05, 0.1) is 16.1 Å². The molecule has 0 radical (unpaired) electrons. The highest BCUT2D eigenvalue weighted by Crippen LogP contribution is 2.27. The van der Waals surface area contributed by atoms with Crippen molar-refractivity contribution < 1.29 is 26.4 Å². The molecule has 0 saturated carbocycles. The average Bonchev–Trinajstić information content (AvgIpc) is 2.74. The second kappa shape index (κ2) is 8.23. The third-order valence-corrected chi connectivity index (χ3v) is 6.70. The SMILES string of the molecule is N#Cc1ccccc1S(=O)(=O)N1CCC(C(=O)Nc2ccc(F)c(F)c2F)CC1. The lowest BCUT2D eigenvalue weighted by atomic mass is 9.97. The van der Waals surface area contributed by atoms with Gasteiger partial charge < -0.3 is 5.32 Å². The Kier molecular flexibility index (Phi) is 5.91. The van der Waals surface area contributed by atoms with Crippen molar-refractivity contribution in [3.63, 3.8) is 0 Å². The lowest BCUT2D eigenvalue weighted by Crippen LogP contribution is -2.41. The molecule has 0 aliphatic carbocycles. The van der Waals surface area contributed by atoms with Gasteiger partial charge >= 0.3 is 0 Å². The van der Waals surface area contributed by atoms with Crippen LogP contribution in [-0.4, -0.2) is 31.7 Å². The van der Waals surface area contributed by atoms with Gasteiger partial charge in [-0.25, -0.2) is 21.6 Å². The number of benzene rings is 2. The number of carbonyl (C=O) groups is 1. The lowest BCUT2D eigenvalue weighted by Gasteiger charge is -2.30. The third kappa shape index (κ3) is 4.11. The number of amides is 1. The van der Waals surface area contributed by atoms with E-state index in [9.17, 15) is 26.4 Å². The van der Waals surface area contributed by atoms with Crippen LogP contribution in [0.2, 0.25) is 0 Å². The molecule has 1 aliphatic rings. The first-order chi connectivity index (χ1) is 13.8. The van der Waals surface area contributed by atoms with E-state index in [-0.39, 0.29) is 36.4 Å². The van der Waals surface area contributed by atoms with Crippen molar-refractivity contribution in [3.8, 4) is 6.07 Å². The van der Waals surface area contributed by atoms with Crippen molar-refractivity contribution in [3.05, 3.63) is 59.4 Å². The minimum absolute atomic E-state index is 0.0282. The summed E-state index contributed by atoms with van der Waals surface area (Å²) in [6, 6.07) is 9.30. The molecule has 1 amide bonds. The number of rotatable bonds is 4. The summed E-state index contributed by atoms with van der Waals surface area (Å²) in [6.07, 6.45) is 0.316. The van der Waals surface area contributed by atoms with Gasteiger partial charge in [-0.15, -0.1) is 0 Å². The minimum Gasteiger partial charge on any atom is -0.323 e. The van der Waals surface area contributed by atoms with Crippen molar-refractivity contribution in [2.45, 2.75) is 17.7 Å². The Morgan fingerprint density at radius 2 is 1.72 bits per heavy atom. The molecule has 152 valence electrons. The molecule has 6 nitrogen and oxygen atoms in total. The van der Waals surface area contributed by atoms with Gasteiger partial charge in [-0.05, 0) is 37.1 Å². The van der Waals surface area contributed by atoms with Crippen LogP contribution in [0.15, 0.2) is 41.3 Å². The van der Waals surface area contributed by atoms with E-state index in [0.29, 0.717) is 6.07 Å². The fraction of sp³-hybridized carbons (Fsp3) is 0.263. The van der Waals surface area contributed by atoms with Gasteiger partial charge in [0, 0.05) is 19.0 Å². The topological polar surface area (TPSA) is 90.3 Å². The Morgan fingerprint density at radius 1 is 1.07 bits per heavy atom. The molecule has 2 aromatic carbocycles. The summed E-state index contributed by atoms with van der Waals surface area (Å²) in [5.41, 5.74) is -0.451. The van der Waals surface area contributed by atoms with Gasteiger partial charge in [0.15, 0.2) is 17.5 Å². The first-order valence-electron chi connectivity index (χ1n) is 8.69. The zero-order valence-electron chi connectivity index (χ0n) is 15.0. The number of sulfonamides is 1. The molecule has 3 rings (SSSR count). The van der Waals surface area contributed by atoms with Crippen LogP contribution in [-0.2, 0) is 14.8 Å². The molecular weight excluding hydrogens is 407 g/mol. The fourth-order valence-electron chi connectivity index (χ4n) is 3.14. The summed E-state index contributed by atoms with van der Waals surface area (Å²) in [5.74, 6) is -5.77. The van der Waals surface area contributed by atoms with E-state index < -0.39 is 45.0 Å². The van der Waals surface area contributed by atoms with Gasteiger partial charge in [-0.3, -0.25) is 4.79 Å². The first kappa shape index (κ1) is 20.8. The summed E-state index contributed by atoms with van der Waals surface area (Å²) < 4.78 is 66.8. The number of nitriles is 1. The van der Waals surface area contributed by atoms with Crippen LogP contribution in [0.1, 0.15) is 18.4 Å². The van der Waals surface area contributed by atoms with Crippen LogP contribution in [0.5, 0.6) is 0 Å². The smallest absolute Gasteiger partial charge is 0.244 e. The molecule has 29 heavy (non-hydrogen) atoms. The number of halogens is 3. The summed E-state index contributed by atoms with van der Waals surface area (Å²) in [6.45, 7) is 0.0564. The number of hydrogen-bond donors (Lipinski definition) is 1. The predicted octanol–water partition coefficient (Wildman–Crippen LogP) is 3.01. The number of piperidine rings is 1. The Labute approximate surface area is 165 Å². The number of carbonyl (C=O) groups excluding carboxylic acids is 1. The molecule has 1 fully saturated rings. The van der Waals surface area contributed by atoms with Crippen LogP contribution in [0.4, 0.5) is 18.9 Å². The number of nitrogens with one attached hydrogen (secondary N) is 1. The summed E-state index contributed by atoms with van der Waals surface area (Å²) >= 11 is 0. The van der Waals surface area contributed by atoms with E-state index in [1.54, 1.807) is 6.07 Å². The molecule has 0 atom stereocenters. The summed E-state index contributed by atoms with van der Waals surface area (Å²) in [4.78, 5) is 12.2. The molecule has 0 bridgehead atoms. The number of hydrogen-bond acceptors (Lipinski definition) is 4. The van der Waals surface area contributed by atoms with E-state index in [0.717, 1.165) is 6.07 Å². The zero-order chi connectivity index (χ0) is 21.2. The Bertz CT molecular complexity index is 1090. The molecule has 0 aromatic heterocycles. The third-order valence-electron chi connectivity index (χ3n) is 4.74. The van der Waals surface area contributed by atoms with Gasteiger partial charge in [0.25, 0.3) is 0 Å². The quantitative estimate of drug-likeness (QED) is 0.766. The van der Waals surface area contributed by atoms with Crippen molar-refractivity contribution in [2.24, 2.45) is 5.92 Å². The van der Waals surface area contributed by atoms with Crippen molar-refractivity contribution in [1.29, 1.82) is 5.26 Å². The summed E-state index contributed by atoms with van der Waals surface area (Å²) in [5, 5.41) is 11.3. The second-order valence-corrected chi connectivity index (χ2v) is 8.40. The van der Waals surface area contributed by atoms with Gasteiger partial charge in [-0.1, -0.05) is 12.1 Å². The molecule has 1 heterocycles. The van der Waals surface area contributed by atoms with Crippen LogP contribution in [0.25, 0.3) is 0 Å². The summed E-state index contributed by atoms with van der Waals surface area (Å²) in [7, 11) is -3.90.